The van der Waals surface area contributed by atoms with Crippen molar-refractivity contribution in [1.29, 1.82) is 0 Å². The van der Waals surface area contributed by atoms with E-state index >= 15 is 0 Å². The van der Waals surface area contributed by atoms with Gasteiger partial charge in [-0.2, -0.15) is 17.9 Å². The van der Waals surface area contributed by atoms with Gasteiger partial charge in [0.05, 0.1) is 10.7 Å². The number of nitrogens with one attached hydrogen (secondary N) is 1. The van der Waals surface area contributed by atoms with Gasteiger partial charge in [-0.15, -0.1) is 0 Å². The summed E-state index contributed by atoms with van der Waals surface area (Å²) in [5.41, 5.74) is 9.81. The Morgan fingerprint density at radius 1 is 0.917 bits per heavy atom. The van der Waals surface area contributed by atoms with Gasteiger partial charge in [0.1, 0.15) is 39.7 Å². The van der Waals surface area contributed by atoms with Crippen LogP contribution in [0.1, 0.15) is 48.9 Å². The van der Waals surface area contributed by atoms with E-state index in [9.17, 15) is 36.0 Å². The second kappa shape index (κ2) is 22.2. The fraction of sp³-hybridized carbons (Fsp3) is 0.500. The Morgan fingerprint density at radius 3 is 2.10 bits per heavy atom. The molecule has 5 heterocycles. The lowest BCUT2D eigenvalue weighted by molar-refractivity contribution is -0.192. The van der Waals surface area contributed by atoms with Crippen LogP contribution in [-0.2, 0) is 35.8 Å². The topological polar surface area (TPSA) is 214 Å². The fourth-order valence-corrected chi connectivity index (χ4v) is 11.1. The van der Waals surface area contributed by atoms with Gasteiger partial charge in [0, 0.05) is 99.7 Å². The maximum Gasteiger partial charge on any atom is 0.490 e. The average molecular weight is 1060 g/mol. The second-order valence-corrected chi connectivity index (χ2v) is 21.1. The molecule has 1 saturated carbocycles. The zero-order chi connectivity index (χ0) is 52.3. The van der Waals surface area contributed by atoms with Crippen molar-refractivity contribution in [3.8, 4) is 5.75 Å². The Balaban J connectivity index is 0.000000256. The number of Topliss-reactive ketones (excluding diaryl/α,β-unsaturated/α-hetero) is 1. The summed E-state index contributed by atoms with van der Waals surface area (Å²) in [7, 11) is -0.200. The van der Waals surface area contributed by atoms with Crippen LogP contribution in [0.2, 0.25) is 10.0 Å². The summed E-state index contributed by atoms with van der Waals surface area (Å²) in [6.45, 7) is 12.7. The van der Waals surface area contributed by atoms with Gasteiger partial charge in [-0.25, -0.2) is 18.2 Å². The molecule has 18 nitrogen and oxygen atoms in total. The molecule has 1 amide bonds. The third-order valence-electron chi connectivity index (χ3n) is 12.8. The number of rotatable bonds is 14. The average Bonchev–Trinajstić information content (AvgIpc) is 4.19. The zero-order valence-corrected chi connectivity index (χ0v) is 42.9. The molecule has 24 heteroatoms. The number of carboxylic acids is 1. The standard InChI is InChI=1S/C34H45Cl2N7O4S.C12H13N3O2.C2HF3O2/c1-23-21-24(2)39-31-25(23)9-7-10-28(31)47-22-26-27(35)11-12-29(30(26)36)48(45,46)40-34(13-5-6-14-34)32(44)42-17-19-43(20-18-42)33(37)38-15-8-16-41(3)4;16-9-7-8(13-1-2-13)12(17)11(15-5-6-15)10(9)14-3-4-14;3-2(4,5)1(6)7/h7,9-12,21,40H,5-6,8,13-20,22H2,1-4H3,(H2,37,38);7H,1-6H2;(H,6,7). The van der Waals surface area contributed by atoms with Crippen molar-refractivity contribution < 1.29 is 50.6 Å². The number of aliphatic imine (C=N–C) groups is 1. The maximum atomic E-state index is 14.0. The van der Waals surface area contributed by atoms with Crippen molar-refractivity contribution in [2.75, 3.05) is 92.6 Å². The number of ether oxygens (including phenoxy) is 1. The van der Waals surface area contributed by atoms with E-state index in [1.165, 1.54) is 18.2 Å². The molecule has 0 radical (unpaired) electrons. The van der Waals surface area contributed by atoms with Gasteiger partial charge in [-0.3, -0.25) is 19.4 Å². The van der Waals surface area contributed by atoms with Gasteiger partial charge < -0.3 is 45.0 Å². The first-order valence-electron chi connectivity index (χ1n) is 23.6. The lowest BCUT2D eigenvalue weighted by atomic mass is 9.96. The summed E-state index contributed by atoms with van der Waals surface area (Å²) in [5.74, 6) is -1.94. The van der Waals surface area contributed by atoms with E-state index < -0.39 is 27.7 Å². The number of carbonyl (C=O) groups excluding carboxylic acids is 3. The molecule has 0 bridgehead atoms. The zero-order valence-electron chi connectivity index (χ0n) is 40.5. The van der Waals surface area contributed by atoms with Crippen LogP contribution < -0.4 is 15.2 Å². The van der Waals surface area contributed by atoms with E-state index in [-0.39, 0.29) is 39.0 Å². The van der Waals surface area contributed by atoms with E-state index in [2.05, 4.69) is 19.6 Å². The van der Waals surface area contributed by atoms with Crippen LogP contribution in [0.25, 0.3) is 10.9 Å². The van der Waals surface area contributed by atoms with Gasteiger partial charge in [-0.05, 0) is 83.6 Å². The predicted octanol–water partition coefficient (Wildman–Crippen LogP) is 4.55. The number of nitrogens with zero attached hydrogens (tertiary/aromatic N) is 8. The molecule has 2 aliphatic carbocycles. The molecule has 1 aromatic heterocycles. The summed E-state index contributed by atoms with van der Waals surface area (Å²) in [6, 6.07) is 10.5. The largest absolute Gasteiger partial charge is 0.490 e. The van der Waals surface area contributed by atoms with E-state index in [0.717, 1.165) is 81.7 Å². The number of amides is 1. The monoisotopic (exact) mass is 1060 g/mol. The lowest BCUT2D eigenvalue weighted by Crippen LogP contribution is -2.62. The predicted molar refractivity (Wildman–Crippen MR) is 265 cm³/mol. The normalized spacial score (nSPS) is 18.7. The van der Waals surface area contributed by atoms with Crippen LogP contribution in [0, 0.1) is 13.8 Å². The first-order chi connectivity index (χ1) is 34.0. The number of guanidine groups is 1. The van der Waals surface area contributed by atoms with Crippen molar-refractivity contribution in [1.82, 2.24) is 39.1 Å². The van der Waals surface area contributed by atoms with Gasteiger partial charge in [0.2, 0.25) is 27.5 Å². The molecule has 4 aliphatic heterocycles. The summed E-state index contributed by atoms with van der Waals surface area (Å²) in [6.07, 6.45) is -0.403. The first-order valence-corrected chi connectivity index (χ1v) is 25.8. The first kappa shape index (κ1) is 54.1. The van der Waals surface area contributed by atoms with Crippen molar-refractivity contribution in [3.63, 3.8) is 0 Å². The Hall–Kier alpha value is -5.68. The van der Waals surface area contributed by atoms with Gasteiger partial charge >= 0.3 is 12.1 Å². The number of nitrogens with two attached hydrogens (primary N) is 1. The number of hydrogen-bond donors (Lipinski definition) is 3. The number of sulfonamides is 1. The number of halogens is 5. The quantitative estimate of drug-likeness (QED) is 0.0664. The summed E-state index contributed by atoms with van der Waals surface area (Å²) < 4.78 is 68.7. The van der Waals surface area contributed by atoms with E-state index in [1.54, 1.807) is 11.0 Å². The van der Waals surface area contributed by atoms with Gasteiger partial charge in [0.15, 0.2) is 5.96 Å². The number of pyridine rings is 1. The number of carboxylic acid groups (broad SMARTS) is 1. The highest BCUT2D eigenvalue weighted by Gasteiger charge is 2.48. The molecule has 9 rings (SSSR count). The molecule has 4 saturated heterocycles. The Labute approximate surface area is 426 Å². The molecule has 0 atom stereocenters. The van der Waals surface area contributed by atoms with Crippen LogP contribution in [-0.4, -0.2) is 182 Å². The van der Waals surface area contributed by atoms with Crippen LogP contribution in [0.4, 0.5) is 13.2 Å². The van der Waals surface area contributed by atoms with Crippen LogP contribution >= 0.6 is 23.2 Å². The van der Waals surface area contributed by atoms with Crippen LogP contribution in [0.3, 0.4) is 0 Å². The molecule has 2 aromatic carbocycles. The van der Waals surface area contributed by atoms with Gasteiger partial charge in [0.25, 0.3) is 0 Å². The highest BCUT2D eigenvalue weighted by Crippen LogP contribution is 2.38. The second-order valence-electron chi connectivity index (χ2n) is 18.6. The Kier molecular flexibility index (Phi) is 16.7. The molecule has 3 aromatic rings. The number of hydrogen-bond acceptors (Lipinski definition) is 13. The SMILES string of the molecule is Cc1cc(C)c2cccc(OCc3c(Cl)ccc(S(=O)(=O)NC4(C(=O)N5CCN(C(N)=NCCCN(C)C)CC5)CCCC4)c3Cl)c2n1.O=C(O)C(F)(F)F.O=C1C=C(N2CC2)C(=O)C(N2CC2)=C1N1CC1. The van der Waals surface area contributed by atoms with Crippen molar-refractivity contribution >= 4 is 73.5 Å². The molecule has 6 aliphatic rings. The molecule has 0 unspecified atom stereocenters. The van der Waals surface area contributed by atoms with Crippen molar-refractivity contribution in [2.45, 2.75) is 69.2 Å². The number of para-hydroxylation sites is 1. The number of benzene rings is 2. The minimum Gasteiger partial charge on any atom is -0.487 e. The number of piperazine rings is 1. The van der Waals surface area contributed by atoms with Crippen LogP contribution in [0.5, 0.6) is 5.75 Å². The van der Waals surface area contributed by atoms with Crippen molar-refractivity contribution in [3.05, 3.63) is 86.4 Å². The number of aryl methyl sites for hydroxylation is 2. The fourth-order valence-electron chi connectivity index (χ4n) is 8.79. The molecule has 0 spiro atoms. The number of carbonyl (C=O) groups is 4. The van der Waals surface area contributed by atoms with E-state index in [4.69, 9.17) is 43.6 Å². The molecule has 5 fully saturated rings. The number of alkyl halides is 3. The van der Waals surface area contributed by atoms with Gasteiger partial charge in [-0.1, -0.05) is 48.2 Å². The summed E-state index contributed by atoms with van der Waals surface area (Å²) in [5, 5.41) is 8.30. The Bertz CT molecular complexity index is 2800. The molecular weight excluding hydrogens is 1000 g/mol. The number of aliphatic carboxylic acids is 1. The summed E-state index contributed by atoms with van der Waals surface area (Å²) >= 11 is 13.3. The van der Waals surface area contributed by atoms with E-state index in [0.29, 0.717) is 85.4 Å². The third kappa shape index (κ3) is 12.9. The molecule has 390 valence electrons. The molecule has 4 N–H and O–H groups in total. The molecule has 72 heavy (non-hydrogen) atoms. The number of fused-ring (bicyclic) bond motifs is 1. The number of ketones is 2. The lowest BCUT2D eigenvalue weighted by Gasteiger charge is -2.40. The summed E-state index contributed by atoms with van der Waals surface area (Å²) in [4.78, 5) is 68.2. The van der Waals surface area contributed by atoms with Crippen molar-refractivity contribution in [2.24, 2.45) is 10.7 Å². The van der Waals surface area contributed by atoms with E-state index in [1.807, 2.05) is 65.7 Å². The minimum atomic E-state index is -5.08. The highest BCUT2D eigenvalue weighted by atomic mass is 35.5. The third-order valence-corrected chi connectivity index (χ3v) is 15.3. The van der Waals surface area contributed by atoms with Crippen LogP contribution in [0.15, 0.2) is 69.5 Å². The smallest absolute Gasteiger partial charge is 0.487 e. The number of allylic oxidation sites excluding steroid dienone is 1. The minimum absolute atomic E-state index is 0.00546. The maximum absolute atomic E-state index is 14.0. The molecular formula is C48H59Cl2F3N10O8S. The Morgan fingerprint density at radius 2 is 1.51 bits per heavy atom. The highest BCUT2D eigenvalue weighted by molar-refractivity contribution is 7.89. The number of aromatic nitrogens is 1.